The molecule has 1 amide bonds. The summed E-state index contributed by atoms with van der Waals surface area (Å²) < 4.78 is 6.19. The number of hydrogen-bond donors (Lipinski definition) is 0. The minimum Gasteiger partial charge on any atom is -0.452 e. The van der Waals surface area contributed by atoms with E-state index in [1.54, 1.807) is 35.7 Å². The maximum Gasteiger partial charge on any atom is 0.338 e. The highest BCUT2D eigenvalue weighted by molar-refractivity contribution is 7.16. The Hall–Kier alpha value is -2.73. The van der Waals surface area contributed by atoms with Crippen LogP contribution in [-0.2, 0) is 16.0 Å². The minimum atomic E-state index is -0.490. The quantitative estimate of drug-likeness (QED) is 0.642. The first-order chi connectivity index (χ1) is 13.1. The van der Waals surface area contributed by atoms with Crippen LogP contribution >= 0.6 is 11.3 Å². The Morgan fingerprint density at radius 3 is 3.00 bits per heavy atom. The topological polar surface area (TPSA) is 59.5 Å². The SMILES string of the molecule is CN(C(=O)COC(=O)c1ccc2ncsc2c1)C1CCCc2ccccc21. The molecule has 4 rings (SSSR count). The number of nitrogens with zero attached hydrogens (tertiary/aromatic N) is 2. The summed E-state index contributed by atoms with van der Waals surface area (Å²) in [6.07, 6.45) is 3.02. The summed E-state index contributed by atoms with van der Waals surface area (Å²) in [7, 11) is 1.78. The Bertz CT molecular complexity index is 998. The van der Waals surface area contributed by atoms with E-state index in [0.29, 0.717) is 5.56 Å². The molecule has 0 spiro atoms. The summed E-state index contributed by atoms with van der Waals surface area (Å²) in [5, 5.41) is 0. The third kappa shape index (κ3) is 3.57. The monoisotopic (exact) mass is 380 g/mol. The van der Waals surface area contributed by atoms with Crippen LogP contribution in [0.2, 0.25) is 0 Å². The van der Waals surface area contributed by atoms with E-state index in [2.05, 4.69) is 17.1 Å². The summed E-state index contributed by atoms with van der Waals surface area (Å²) in [5.74, 6) is -0.681. The summed E-state index contributed by atoms with van der Waals surface area (Å²) in [6.45, 7) is -0.255. The van der Waals surface area contributed by atoms with Gasteiger partial charge in [0.15, 0.2) is 6.61 Å². The van der Waals surface area contributed by atoms with Gasteiger partial charge >= 0.3 is 5.97 Å². The van der Waals surface area contributed by atoms with Gasteiger partial charge in [-0.3, -0.25) is 4.79 Å². The molecule has 0 saturated heterocycles. The lowest BCUT2D eigenvalue weighted by Crippen LogP contribution is -2.36. The summed E-state index contributed by atoms with van der Waals surface area (Å²) in [6, 6.07) is 13.5. The van der Waals surface area contributed by atoms with Crippen LogP contribution in [0.25, 0.3) is 10.2 Å². The van der Waals surface area contributed by atoms with Gasteiger partial charge in [-0.1, -0.05) is 24.3 Å². The Kier molecular flexibility index (Phi) is 4.90. The summed E-state index contributed by atoms with van der Waals surface area (Å²) in [4.78, 5) is 30.8. The van der Waals surface area contributed by atoms with Gasteiger partial charge in [-0.05, 0) is 48.6 Å². The highest BCUT2D eigenvalue weighted by Gasteiger charge is 2.27. The van der Waals surface area contributed by atoms with Crippen molar-refractivity contribution in [3.05, 3.63) is 64.7 Å². The van der Waals surface area contributed by atoms with Crippen molar-refractivity contribution in [1.82, 2.24) is 9.88 Å². The third-order valence-electron chi connectivity index (χ3n) is 5.09. The van der Waals surface area contributed by atoms with Gasteiger partial charge in [0.1, 0.15) is 0 Å². The highest BCUT2D eigenvalue weighted by Crippen LogP contribution is 2.33. The zero-order valence-corrected chi connectivity index (χ0v) is 15.9. The van der Waals surface area contributed by atoms with Crippen molar-refractivity contribution >= 4 is 33.4 Å². The number of amides is 1. The van der Waals surface area contributed by atoms with Gasteiger partial charge in [-0.15, -0.1) is 11.3 Å². The fourth-order valence-corrected chi connectivity index (χ4v) is 4.32. The Morgan fingerprint density at radius 1 is 1.26 bits per heavy atom. The molecule has 0 aliphatic heterocycles. The van der Waals surface area contributed by atoms with E-state index >= 15 is 0 Å². The fourth-order valence-electron chi connectivity index (χ4n) is 3.60. The first-order valence-electron chi connectivity index (χ1n) is 8.97. The number of benzene rings is 2. The molecule has 0 saturated carbocycles. The van der Waals surface area contributed by atoms with E-state index in [1.807, 2.05) is 12.1 Å². The molecule has 1 atom stereocenters. The number of rotatable bonds is 4. The van der Waals surface area contributed by atoms with Gasteiger partial charge < -0.3 is 9.64 Å². The molecular weight excluding hydrogens is 360 g/mol. The Balaban J connectivity index is 1.41. The Morgan fingerprint density at radius 2 is 2.11 bits per heavy atom. The molecule has 27 heavy (non-hydrogen) atoms. The van der Waals surface area contributed by atoms with Gasteiger partial charge in [0.05, 0.1) is 27.3 Å². The molecule has 1 unspecified atom stereocenters. The average Bonchev–Trinajstić information content (AvgIpc) is 3.18. The predicted octanol–water partition coefficient (Wildman–Crippen LogP) is 3.99. The number of fused-ring (bicyclic) bond motifs is 2. The second-order valence-corrected chi connectivity index (χ2v) is 7.61. The average molecular weight is 380 g/mol. The number of carbonyl (C=O) groups is 2. The van der Waals surface area contributed by atoms with Crippen molar-refractivity contribution in [2.75, 3.05) is 13.7 Å². The van der Waals surface area contributed by atoms with Gasteiger partial charge in [0, 0.05) is 7.05 Å². The molecular formula is C21H20N2O3S. The standard InChI is InChI=1S/C21H20N2O3S/c1-23(18-8-4-6-14-5-2-3-7-16(14)18)20(24)12-26-21(25)15-9-10-17-19(11-15)27-13-22-17/h2-3,5,7,9-11,13,18H,4,6,8,12H2,1H3. The van der Waals surface area contributed by atoms with Crippen LogP contribution < -0.4 is 0 Å². The zero-order chi connectivity index (χ0) is 18.8. The molecule has 0 N–H and O–H groups in total. The number of aryl methyl sites for hydroxylation is 1. The second kappa shape index (κ2) is 7.48. The molecule has 1 heterocycles. The molecule has 138 valence electrons. The summed E-state index contributed by atoms with van der Waals surface area (Å²) >= 11 is 1.47. The lowest BCUT2D eigenvalue weighted by Gasteiger charge is -2.33. The number of carbonyl (C=O) groups excluding carboxylic acids is 2. The number of hydrogen-bond acceptors (Lipinski definition) is 5. The maximum atomic E-state index is 12.6. The van der Waals surface area contributed by atoms with Crippen molar-refractivity contribution < 1.29 is 14.3 Å². The van der Waals surface area contributed by atoms with Crippen molar-refractivity contribution in [2.24, 2.45) is 0 Å². The van der Waals surface area contributed by atoms with E-state index in [4.69, 9.17) is 4.74 Å². The molecule has 6 heteroatoms. The fraction of sp³-hybridized carbons (Fsp3) is 0.286. The molecule has 1 aromatic heterocycles. The second-order valence-electron chi connectivity index (χ2n) is 6.72. The first kappa shape index (κ1) is 17.7. The van der Waals surface area contributed by atoms with Crippen molar-refractivity contribution in [2.45, 2.75) is 25.3 Å². The smallest absolute Gasteiger partial charge is 0.338 e. The van der Waals surface area contributed by atoms with Gasteiger partial charge in [0.2, 0.25) is 0 Å². The minimum absolute atomic E-state index is 0.0368. The van der Waals surface area contributed by atoms with Crippen molar-refractivity contribution in [1.29, 1.82) is 0 Å². The first-order valence-corrected chi connectivity index (χ1v) is 9.85. The number of likely N-dealkylation sites (N-methyl/N-ethyl adjacent to an activating group) is 1. The van der Waals surface area contributed by atoms with Crippen molar-refractivity contribution in [3.8, 4) is 0 Å². The molecule has 2 aromatic carbocycles. The number of ether oxygens (including phenoxy) is 1. The van der Waals surface area contributed by atoms with Gasteiger partial charge in [-0.25, -0.2) is 9.78 Å². The molecule has 0 bridgehead atoms. The summed E-state index contributed by atoms with van der Waals surface area (Å²) in [5.41, 5.74) is 5.51. The van der Waals surface area contributed by atoms with Crippen molar-refractivity contribution in [3.63, 3.8) is 0 Å². The third-order valence-corrected chi connectivity index (χ3v) is 5.88. The number of aromatic nitrogens is 1. The molecule has 5 nitrogen and oxygen atoms in total. The van der Waals surface area contributed by atoms with Crippen LogP contribution in [0.5, 0.6) is 0 Å². The molecule has 1 aliphatic rings. The molecule has 0 radical (unpaired) electrons. The maximum absolute atomic E-state index is 12.6. The lowest BCUT2D eigenvalue weighted by molar-refractivity contribution is -0.135. The predicted molar refractivity (Wildman–Crippen MR) is 105 cm³/mol. The lowest BCUT2D eigenvalue weighted by atomic mass is 9.87. The largest absolute Gasteiger partial charge is 0.452 e. The van der Waals surface area contributed by atoms with E-state index in [0.717, 1.165) is 29.5 Å². The van der Waals surface area contributed by atoms with E-state index < -0.39 is 5.97 Å². The molecule has 3 aromatic rings. The van der Waals surface area contributed by atoms with E-state index in [1.165, 1.54) is 22.5 Å². The van der Waals surface area contributed by atoms with Crippen LogP contribution in [-0.4, -0.2) is 35.4 Å². The van der Waals surface area contributed by atoms with E-state index in [-0.39, 0.29) is 18.6 Å². The van der Waals surface area contributed by atoms with Crippen LogP contribution in [0.15, 0.2) is 48.0 Å². The zero-order valence-electron chi connectivity index (χ0n) is 15.1. The molecule has 1 aliphatic carbocycles. The Labute approximate surface area is 161 Å². The van der Waals surface area contributed by atoms with Crippen LogP contribution in [0.1, 0.15) is 40.4 Å². The molecule has 0 fully saturated rings. The number of thiazole rings is 1. The number of esters is 1. The van der Waals surface area contributed by atoms with Crippen LogP contribution in [0.4, 0.5) is 0 Å². The van der Waals surface area contributed by atoms with Gasteiger partial charge in [0.25, 0.3) is 5.91 Å². The van der Waals surface area contributed by atoms with Gasteiger partial charge in [-0.2, -0.15) is 0 Å². The highest BCUT2D eigenvalue weighted by atomic mass is 32.1. The van der Waals surface area contributed by atoms with E-state index in [9.17, 15) is 9.59 Å². The van der Waals surface area contributed by atoms with Crippen LogP contribution in [0.3, 0.4) is 0 Å². The van der Waals surface area contributed by atoms with Crippen LogP contribution in [0, 0.1) is 0 Å². The normalized spacial score (nSPS) is 16.0.